The predicted molar refractivity (Wildman–Crippen MR) is 85.8 cm³/mol. The number of aromatic nitrogens is 1. The first-order valence-corrected chi connectivity index (χ1v) is 8.00. The van der Waals surface area contributed by atoms with Crippen molar-refractivity contribution in [3.8, 4) is 5.75 Å². The Kier molecular flexibility index (Phi) is 3.13. The van der Waals surface area contributed by atoms with Crippen molar-refractivity contribution in [3.05, 3.63) is 59.1 Å². The van der Waals surface area contributed by atoms with Gasteiger partial charge in [0.15, 0.2) is 0 Å². The molecule has 1 N–H and O–H groups in total. The SMILES string of the molecule is CC(NC1COc2ccccc21)c1cnc2ccsc2c1. The van der Waals surface area contributed by atoms with Gasteiger partial charge in [-0.05, 0) is 36.1 Å². The van der Waals surface area contributed by atoms with Crippen LogP contribution in [-0.4, -0.2) is 11.6 Å². The molecule has 0 saturated heterocycles. The maximum atomic E-state index is 5.73. The molecule has 2 aromatic heterocycles. The second kappa shape index (κ2) is 5.13. The molecule has 1 aromatic carbocycles. The number of hydrogen-bond acceptors (Lipinski definition) is 4. The van der Waals surface area contributed by atoms with E-state index in [-0.39, 0.29) is 12.1 Å². The maximum absolute atomic E-state index is 5.73. The van der Waals surface area contributed by atoms with Crippen LogP contribution in [0.3, 0.4) is 0 Å². The highest BCUT2D eigenvalue weighted by Crippen LogP contribution is 2.33. The van der Waals surface area contributed by atoms with Crippen molar-refractivity contribution in [3.63, 3.8) is 0 Å². The second-order valence-electron chi connectivity index (χ2n) is 5.36. The molecule has 1 aliphatic rings. The zero-order chi connectivity index (χ0) is 14.2. The lowest BCUT2D eigenvalue weighted by Crippen LogP contribution is -2.25. The minimum Gasteiger partial charge on any atom is -0.491 e. The fourth-order valence-corrected chi connectivity index (χ4v) is 3.59. The number of pyridine rings is 1. The van der Waals surface area contributed by atoms with E-state index in [1.54, 1.807) is 11.3 Å². The highest BCUT2D eigenvalue weighted by atomic mass is 32.1. The molecule has 3 nitrogen and oxygen atoms in total. The average Bonchev–Trinajstić information content (AvgIpc) is 3.13. The van der Waals surface area contributed by atoms with E-state index in [4.69, 9.17) is 4.74 Å². The van der Waals surface area contributed by atoms with Crippen molar-refractivity contribution in [1.82, 2.24) is 10.3 Å². The summed E-state index contributed by atoms with van der Waals surface area (Å²) in [6.45, 7) is 2.87. The van der Waals surface area contributed by atoms with Gasteiger partial charge in [0.1, 0.15) is 12.4 Å². The quantitative estimate of drug-likeness (QED) is 0.790. The van der Waals surface area contributed by atoms with Gasteiger partial charge < -0.3 is 10.1 Å². The van der Waals surface area contributed by atoms with Crippen LogP contribution in [0.2, 0.25) is 0 Å². The molecule has 0 saturated carbocycles. The average molecular weight is 296 g/mol. The van der Waals surface area contributed by atoms with Crippen LogP contribution in [0, 0.1) is 0 Å². The number of fused-ring (bicyclic) bond motifs is 2. The van der Waals surface area contributed by atoms with Gasteiger partial charge in [-0.2, -0.15) is 0 Å². The number of thiophene rings is 1. The van der Waals surface area contributed by atoms with Crippen LogP contribution in [0.15, 0.2) is 48.0 Å². The summed E-state index contributed by atoms with van der Waals surface area (Å²) in [6.07, 6.45) is 1.97. The van der Waals surface area contributed by atoms with E-state index in [1.165, 1.54) is 15.8 Å². The lowest BCUT2D eigenvalue weighted by atomic mass is 10.1. The van der Waals surface area contributed by atoms with Crippen LogP contribution in [-0.2, 0) is 0 Å². The van der Waals surface area contributed by atoms with Crippen LogP contribution in [0.1, 0.15) is 30.1 Å². The molecule has 0 aliphatic carbocycles. The Morgan fingerprint density at radius 3 is 3.19 bits per heavy atom. The second-order valence-corrected chi connectivity index (χ2v) is 6.31. The Labute approximate surface area is 127 Å². The van der Waals surface area contributed by atoms with Crippen LogP contribution in [0.25, 0.3) is 10.2 Å². The minimum absolute atomic E-state index is 0.240. The van der Waals surface area contributed by atoms with Crippen LogP contribution in [0.5, 0.6) is 5.75 Å². The summed E-state index contributed by atoms with van der Waals surface area (Å²) in [5, 5.41) is 5.73. The van der Waals surface area contributed by atoms with Crippen LogP contribution >= 0.6 is 11.3 Å². The molecule has 0 spiro atoms. The lowest BCUT2D eigenvalue weighted by Gasteiger charge is -2.19. The van der Waals surface area contributed by atoms with E-state index in [2.05, 4.69) is 46.9 Å². The van der Waals surface area contributed by atoms with Gasteiger partial charge >= 0.3 is 0 Å². The number of ether oxygens (including phenoxy) is 1. The molecule has 1 aliphatic heterocycles. The van der Waals surface area contributed by atoms with Gasteiger partial charge in [-0.25, -0.2) is 0 Å². The molecule has 21 heavy (non-hydrogen) atoms. The van der Waals surface area contributed by atoms with Gasteiger partial charge in [0.2, 0.25) is 0 Å². The summed E-state index contributed by atoms with van der Waals surface area (Å²) < 4.78 is 6.97. The third-order valence-electron chi connectivity index (χ3n) is 3.97. The molecular formula is C17H16N2OS. The van der Waals surface area contributed by atoms with Gasteiger partial charge in [-0.1, -0.05) is 18.2 Å². The first-order valence-electron chi connectivity index (χ1n) is 7.12. The first kappa shape index (κ1) is 12.8. The van der Waals surface area contributed by atoms with Crippen LogP contribution in [0.4, 0.5) is 0 Å². The summed E-state index contributed by atoms with van der Waals surface area (Å²) in [6, 6.07) is 13.0. The summed E-state index contributed by atoms with van der Waals surface area (Å²) in [4.78, 5) is 4.52. The summed E-state index contributed by atoms with van der Waals surface area (Å²) in [5.74, 6) is 0.994. The van der Waals surface area contributed by atoms with E-state index in [0.717, 1.165) is 11.3 Å². The molecule has 2 unspecified atom stereocenters. The Morgan fingerprint density at radius 2 is 2.24 bits per heavy atom. The standard InChI is InChI=1S/C17H16N2OS/c1-11(12-8-17-14(18-9-12)6-7-21-17)19-15-10-20-16-5-3-2-4-13(15)16/h2-9,11,15,19H,10H2,1H3. The van der Waals surface area contributed by atoms with Gasteiger partial charge in [-0.15, -0.1) is 11.3 Å². The zero-order valence-electron chi connectivity index (χ0n) is 11.7. The molecule has 4 heteroatoms. The monoisotopic (exact) mass is 296 g/mol. The molecule has 0 fully saturated rings. The van der Waals surface area contributed by atoms with Crippen molar-refractivity contribution >= 4 is 21.6 Å². The summed E-state index contributed by atoms with van der Waals surface area (Å²) in [5.41, 5.74) is 3.54. The Hall–Kier alpha value is -1.91. The molecule has 0 bridgehead atoms. The number of hydrogen-bond donors (Lipinski definition) is 1. The molecule has 106 valence electrons. The highest BCUT2D eigenvalue weighted by molar-refractivity contribution is 7.17. The predicted octanol–water partition coefficient (Wildman–Crippen LogP) is 4.08. The molecule has 3 heterocycles. The molecule has 2 atom stereocenters. The lowest BCUT2D eigenvalue weighted by molar-refractivity contribution is 0.301. The number of nitrogens with one attached hydrogen (secondary N) is 1. The Bertz CT molecular complexity index is 783. The van der Waals surface area contributed by atoms with Gasteiger partial charge in [0, 0.05) is 17.8 Å². The van der Waals surface area contributed by atoms with E-state index in [0.29, 0.717) is 6.61 Å². The third kappa shape index (κ3) is 2.30. The normalized spacial score (nSPS) is 18.4. The number of rotatable bonds is 3. The van der Waals surface area contributed by atoms with Crippen molar-refractivity contribution < 1.29 is 4.74 Å². The highest BCUT2D eigenvalue weighted by Gasteiger charge is 2.25. The topological polar surface area (TPSA) is 34.1 Å². The fraction of sp³-hybridized carbons (Fsp3) is 0.235. The maximum Gasteiger partial charge on any atom is 0.124 e. The van der Waals surface area contributed by atoms with E-state index in [9.17, 15) is 0 Å². The minimum atomic E-state index is 0.240. The van der Waals surface area contributed by atoms with Crippen molar-refractivity contribution in [2.75, 3.05) is 6.61 Å². The smallest absolute Gasteiger partial charge is 0.124 e. The molecule has 4 rings (SSSR count). The van der Waals surface area contributed by atoms with E-state index < -0.39 is 0 Å². The number of nitrogens with zero attached hydrogens (tertiary/aromatic N) is 1. The summed E-state index contributed by atoms with van der Waals surface area (Å²) >= 11 is 1.74. The first-order chi connectivity index (χ1) is 10.3. The number of benzene rings is 1. The summed E-state index contributed by atoms with van der Waals surface area (Å²) in [7, 11) is 0. The van der Waals surface area contributed by atoms with Gasteiger partial charge in [0.25, 0.3) is 0 Å². The van der Waals surface area contributed by atoms with Gasteiger partial charge in [-0.3, -0.25) is 4.98 Å². The van der Waals surface area contributed by atoms with Crippen LogP contribution < -0.4 is 10.1 Å². The van der Waals surface area contributed by atoms with Crippen molar-refractivity contribution in [2.24, 2.45) is 0 Å². The molecular weight excluding hydrogens is 280 g/mol. The molecule has 0 radical (unpaired) electrons. The third-order valence-corrected chi connectivity index (χ3v) is 4.83. The number of para-hydroxylation sites is 1. The Morgan fingerprint density at radius 1 is 1.33 bits per heavy atom. The largest absolute Gasteiger partial charge is 0.491 e. The molecule has 3 aromatic rings. The molecule has 0 amide bonds. The Balaban J connectivity index is 1.57. The van der Waals surface area contributed by atoms with Crippen molar-refractivity contribution in [2.45, 2.75) is 19.0 Å². The van der Waals surface area contributed by atoms with Crippen molar-refractivity contribution in [1.29, 1.82) is 0 Å². The fourth-order valence-electron chi connectivity index (χ4n) is 2.80. The van der Waals surface area contributed by atoms with E-state index in [1.807, 2.05) is 18.3 Å². The van der Waals surface area contributed by atoms with Gasteiger partial charge in [0.05, 0.1) is 16.3 Å². The zero-order valence-corrected chi connectivity index (χ0v) is 12.6. The van der Waals surface area contributed by atoms with E-state index >= 15 is 0 Å².